The standard InChI is InChI=1S/C25H29N3O/c1-5-11-20-12-9-10-13-23(20)22(8-4)18(6-2)14-24-19(7-3)17-28(25(29)27-24)21-15-26-16-21/h5-14,21,26H,2-3,15-17H2,1,4H3,(H,27,29)/b11-5-,18-14+,22-8-. The van der Waals surface area contributed by atoms with Gasteiger partial charge in [0, 0.05) is 25.3 Å². The molecule has 0 atom stereocenters. The molecule has 2 aliphatic rings. The molecule has 2 heterocycles. The third-order valence-corrected chi connectivity index (χ3v) is 5.35. The van der Waals surface area contributed by atoms with E-state index in [4.69, 9.17) is 0 Å². The Kier molecular flexibility index (Phi) is 6.68. The maximum absolute atomic E-state index is 12.7. The van der Waals surface area contributed by atoms with Gasteiger partial charge in [-0.05, 0) is 47.8 Å². The van der Waals surface area contributed by atoms with Crippen LogP contribution >= 0.6 is 0 Å². The summed E-state index contributed by atoms with van der Waals surface area (Å²) in [5, 5.41) is 6.27. The number of rotatable bonds is 7. The zero-order valence-corrected chi connectivity index (χ0v) is 17.2. The van der Waals surface area contributed by atoms with Crippen molar-refractivity contribution in [2.75, 3.05) is 19.6 Å². The number of carbonyl (C=O) groups excluding carboxylic acids is 1. The Labute approximate surface area is 173 Å². The first kappa shape index (κ1) is 20.6. The molecular formula is C25H29N3O. The number of nitrogens with one attached hydrogen (secondary N) is 2. The molecule has 150 valence electrons. The van der Waals surface area contributed by atoms with E-state index in [0.29, 0.717) is 6.54 Å². The van der Waals surface area contributed by atoms with E-state index < -0.39 is 0 Å². The molecule has 2 aliphatic heterocycles. The summed E-state index contributed by atoms with van der Waals surface area (Å²) in [6.07, 6.45) is 11.9. The molecule has 3 rings (SSSR count). The SMILES string of the molecule is C=CC1=C(/C=C(C=C)/C(=C/C)c2ccccc2/C=C\C)NC(=O)N(C2CNC2)C1. The van der Waals surface area contributed by atoms with Gasteiger partial charge in [0.05, 0.1) is 6.04 Å². The van der Waals surface area contributed by atoms with E-state index in [2.05, 4.69) is 48.1 Å². The summed E-state index contributed by atoms with van der Waals surface area (Å²) in [4.78, 5) is 14.5. The molecule has 29 heavy (non-hydrogen) atoms. The normalized spacial score (nSPS) is 18.7. The molecule has 1 aromatic rings. The monoisotopic (exact) mass is 387 g/mol. The fraction of sp³-hybridized carbons (Fsp3) is 0.240. The number of urea groups is 1. The maximum atomic E-state index is 12.7. The van der Waals surface area contributed by atoms with E-state index in [1.165, 1.54) is 0 Å². The van der Waals surface area contributed by atoms with Crippen LogP contribution in [0.15, 0.2) is 84.6 Å². The summed E-state index contributed by atoms with van der Waals surface area (Å²) >= 11 is 0. The summed E-state index contributed by atoms with van der Waals surface area (Å²) in [6.45, 7) is 14.3. The number of allylic oxidation sites excluding steroid dienone is 6. The average Bonchev–Trinajstić information content (AvgIpc) is 2.69. The molecule has 1 aromatic carbocycles. The molecule has 4 nitrogen and oxygen atoms in total. The van der Waals surface area contributed by atoms with Crippen molar-refractivity contribution in [2.24, 2.45) is 0 Å². The third kappa shape index (κ3) is 4.33. The number of carbonyl (C=O) groups is 1. The first-order valence-corrected chi connectivity index (χ1v) is 9.99. The van der Waals surface area contributed by atoms with Gasteiger partial charge in [-0.3, -0.25) is 0 Å². The van der Waals surface area contributed by atoms with Gasteiger partial charge in [-0.15, -0.1) is 0 Å². The van der Waals surface area contributed by atoms with Gasteiger partial charge in [0.25, 0.3) is 0 Å². The molecule has 0 aliphatic carbocycles. The van der Waals surface area contributed by atoms with Gasteiger partial charge in [0.2, 0.25) is 0 Å². The second-order valence-electron chi connectivity index (χ2n) is 7.11. The molecule has 0 aromatic heterocycles. The highest BCUT2D eigenvalue weighted by atomic mass is 16.2. The van der Waals surface area contributed by atoms with Crippen LogP contribution in [0.4, 0.5) is 4.79 Å². The van der Waals surface area contributed by atoms with Crippen LogP contribution in [0.3, 0.4) is 0 Å². The summed E-state index contributed by atoms with van der Waals surface area (Å²) in [5.74, 6) is 0. The molecule has 0 radical (unpaired) electrons. The largest absolute Gasteiger partial charge is 0.322 e. The van der Waals surface area contributed by atoms with Crippen molar-refractivity contribution < 1.29 is 4.79 Å². The lowest BCUT2D eigenvalue weighted by molar-refractivity contribution is 0.155. The number of amides is 2. The maximum Gasteiger partial charge on any atom is 0.322 e. The van der Waals surface area contributed by atoms with E-state index >= 15 is 0 Å². The quantitative estimate of drug-likeness (QED) is 0.668. The van der Waals surface area contributed by atoms with Crippen LogP contribution in [0.1, 0.15) is 25.0 Å². The molecule has 2 N–H and O–H groups in total. The Morgan fingerprint density at radius 1 is 1.21 bits per heavy atom. The fourth-order valence-electron chi connectivity index (χ4n) is 3.65. The van der Waals surface area contributed by atoms with Crippen molar-refractivity contribution in [2.45, 2.75) is 19.9 Å². The van der Waals surface area contributed by atoms with Crippen LogP contribution in [0.2, 0.25) is 0 Å². The zero-order chi connectivity index (χ0) is 20.8. The Balaban J connectivity index is 1.99. The first-order chi connectivity index (χ1) is 14.1. The van der Waals surface area contributed by atoms with Crippen LogP contribution in [-0.2, 0) is 0 Å². The van der Waals surface area contributed by atoms with Gasteiger partial charge >= 0.3 is 6.03 Å². The molecule has 0 spiro atoms. The van der Waals surface area contributed by atoms with Gasteiger partial charge < -0.3 is 15.5 Å². The van der Waals surface area contributed by atoms with Crippen LogP contribution in [0, 0.1) is 0 Å². The number of hydrogen-bond acceptors (Lipinski definition) is 2. The minimum Gasteiger partial charge on any atom is -0.315 e. The van der Waals surface area contributed by atoms with Crippen molar-refractivity contribution >= 4 is 17.7 Å². The molecule has 2 amide bonds. The van der Waals surface area contributed by atoms with Crippen molar-refractivity contribution in [3.63, 3.8) is 0 Å². The predicted octanol–water partition coefficient (Wildman–Crippen LogP) is 4.67. The smallest absolute Gasteiger partial charge is 0.315 e. The van der Waals surface area contributed by atoms with Crippen LogP contribution in [-0.4, -0.2) is 36.6 Å². The van der Waals surface area contributed by atoms with E-state index in [1.807, 2.05) is 55.2 Å². The molecule has 1 saturated heterocycles. The Bertz CT molecular complexity index is 929. The van der Waals surface area contributed by atoms with Crippen molar-refractivity contribution in [3.05, 3.63) is 95.8 Å². The van der Waals surface area contributed by atoms with Gasteiger partial charge in [-0.25, -0.2) is 4.79 Å². The van der Waals surface area contributed by atoms with Gasteiger partial charge in [0.1, 0.15) is 0 Å². The molecule has 1 fully saturated rings. The minimum atomic E-state index is -0.0619. The average molecular weight is 388 g/mol. The van der Waals surface area contributed by atoms with Gasteiger partial charge in [0.15, 0.2) is 0 Å². The Morgan fingerprint density at radius 2 is 1.97 bits per heavy atom. The van der Waals surface area contributed by atoms with E-state index in [-0.39, 0.29) is 12.1 Å². The van der Waals surface area contributed by atoms with Crippen molar-refractivity contribution in [1.82, 2.24) is 15.5 Å². The Hall–Kier alpha value is -3.11. The highest BCUT2D eigenvalue weighted by molar-refractivity contribution is 5.87. The number of hydrogen-bond donors (Lipinski definition) is 2. The van der Waals surface area contributed by atoms with E-state index in [9.17, 15) is 4.79 Å². The molecule has 0 saturated carbocycles. The lowest BCUT2D eigenvalue weighted by atomic mass is 9.92. The highest BCUT2D eigenvalue weighted by Crippen LogP contribution is 2.29. The lowest BCUT2D eigenvalue weighted by Crippen LogP contribution is -2.62. The number of nitrogens with zero attached hydrogens (tertiary/aromatic N) is 1. The van der Waals surface area contributed by atoms with Crippen molar-refractivity contribution in [1.29, 1.82) is 0 Å². The summed E-state index contributed by atoms with van der Waals surface area (Å²) in [7, 11) is 0. The summed E-state index contributed by atoms with van der Waals surface area (Å²) in [6, 6.07) is 8.46. The topological polar surface area (TPSA) is 44.4 Å². The van der Waals surface area contributed by atoms with Gasteiger partial charge in [-0.1, -0.05) is 67.8 Å². The fourth-order valence-corrected chi connectivity index (χ4v) is 3.65. The lowest BCUT2D eigenvalue weighted by Gasteiger charge is -2.41. The van der Waals surface area contributed by atoms with Crippen molar-refractivity contribution in [3.8, 4) is 0 Å². The zero-order valence-electron chi connectivity index (χ0n) is 17.2. The molecular weight excluding hydrogens is 358 g/mol. The van der Waals surface area contributed by atoms with Gasteiger partial charge in [-0.2, -0.15) is 0 Å². The van der Waals surface area contributed by atoms with E-state index in [1.54, 1.807) is 0 Å². The second-order valence-corrected chi connectivity index (χ2v) is 7.11. The second kappa shape index (κ2) is 9.39. The Morgan fingerprint density at radius 3 is 2.55 bits per heavy atom. The van der Waals surface area contributed by atoms with E-state index in [0.717, 1.165) is 46.6 Å². The number of benzene rings is 1. The van der Waals surface area contributed by atoms with Crippen LogP contribution < -0.4 is 10.6 Å². The predicted molar refractivity (Wildman–Crippen MR) is 122 cm³/mol. The highest BCUT2D eigenvalue weighted by Gasteiger charge is 2.32. The summed E-state index contributed by atoms with van der Waals surface area (Å²) < 4.78 is 0. The minimum absolute atomic E-state index is 0.0619. The molecule has 4 heteroatoms. The third-order valence-electron chi connectivity index (χ3n) is 5.35. The molecule has 0 unspecified atom stereocenters. The summed E-state index contributed by atoms with van der Waals surface area (Å²) in [5.41, 5.74) is 6.09. The van der Waals surface area contributed by atoms with Crippen LogP contribution in [0.5, 0.6) is 0 Å². The molecule has 0 bridgehead atoms. The first-order valence-electron chi connectivity index (χ1n) is 9.99. The van der Waals surface area contributed by atoms with Crippen LogP contribution in [0.25, 0.3) is 11.6 Å².